The fraction of sp³-hybridized carbons (Fsp3) is 0.586. The lowest BCUT2D eigenvalue weighted by atomic mass is 9.87. The number of nitriles is 1. The zero-order chi connectivity index (χ0) is 31.4. The molecule has 1 saturated heterocycles. The van der Waals surface area contributed by atoms with Crippen LogP contribution in [-0.2, 0) is 19.1 Å². The smallest absolute Gasteiger partial charge is 0.335 e. The maximum Gasteiger partial charge on any atom is 0.335 e. The number of carbonyl (C=O) groups excluding carboxylic acids is 4. The number of aromatic nitrogens is 3. The van der Waals surface area contributed by atoms with E-state index in [0.717, 1.165) is 12.8 Å². The number of nitrogens with two attached hydrogens (primary N) is 1. The molecular formula is C29H42N9O5+. The Morgan fingerprint density at radius 2 is 2.07 bits per heavy atom. The lowest BCUT2D eigenvalue weighted by Crippen LogP contribution is -2.44. The highest BCUT2D eigenvalue weighted by molar-refractivity contribution is 5.93. The van der Waals surface area contributed by atoms with Crippen molar-refractivity contribution in [2.45, 2.75) is 57.9 Å². The highest BCUT2D eigenvalue weighted by atomic mass is 16.5. The molecule has 14 heteroatoms. The molecular weight excluding hydrogens is 554 g/mol. The van der Waals surface area contributed by atoms with Crippen molar-refractivity contribution < 1.29 is 28.5 Å². The third-order valence-electron chi connectivity index (χ3n) is 7.65. The first-order chi connectivity index (χ1) is 20.7. The molecule has 0 spiro atoms. The van der Waals surface area contributed by atoms with Gasteiger partial charge in [0.15, 0.2) is 5.65 Å². The van der Waals surface area contributed by atoms with Crippen molar-refractivity contribution in [1.82, 2.24) is 30.1 Å². The van der Waals surface area contributed by atoms with Gasteiger partial charge in [0.2, 0.25) is 18.1 Å². The lowest BCUT2D eigenvalue weighted by Gasteiger charge is -2.34. The minimum absolute atomic E-state index is 0.0721. The van der Waals surface area contributed by atoms with Crippen LogP contribution < -0.4 is 16.4 Å². The zero-order valence-electron chi connectivity index (χ0n) is 25.1. The Kier molecular flexibility index (Phi) is 12.6. The molecule has 1 fully saturated rings. The molecule has 1 aliphatic heterocycles. The molecule has 2 aromatic rings. The number of rotatable bonds is 13. The topological polar surface area (TPSA) is 188 Å². The van der Waals surface area contributed by atoms with Crippen molar-refractivity contribution in [2.24, 2.45) is 17.6 Å². The Balaban J connectivity index is 1.59. The summed E-state index contributed by atoms with van der Waals surface area (Å²) in [6.45, 7) is 4.06. The average Bonchev–Trinajstić information content (AvgIpc) is 3.44. The summed E-state index contributed by atoms with van der Waals surface area (Å²) in [6, 6.07) is 2.58. The minimum atomic E-state index is -0.722. The van der Waals surface area contributed by atoms with E-state index in [9.17, 15) is 19.2 Å². The van der Waals surface area contributed by atoms with E-state index >= 15 is 0 Å². The Hall–Kier alpha value is -4.38. The van der Waals surface area contributed by atoms with Crippen molar-refractivity contribution in [2.75, 3.05) is 40.3 Å². The number of hydrogen-bond donors (Lipinski definition) is 3. The second kappa shape index (κ2) is 16.3. The first-order valence-electron chi connectivity index (χ1n) is 14.6. The molecule has 4 N–H and O–H groups in total. The van der Waals surface area contributed by atoms with Gasteiger partial charge in [0, 0.05) is 38.2 Å². The zero-order valence-corrected chi connectivity index (χ0v) is 25.1. The molecule has 2 aromatic heterocycles. The van der Waals surface area contributed by atoms with E-state index in [0.29, 0.717) is 61.7 Å². The number of likely N-dealkylation sites (tertiary alicyclic amines) is 1. The van der Waals surface area contributed by atoms with Gasteiger partial charge in [-0.25, -0.2) is 14.2 Å². The van der Waals surface area contributed by atoms with Crippen molar-refractivity contribution in [1.29, 1.82) is 5.26 Å². The second-order valence-corrected chi connectivity index (χ2v) is 10.7. The van der Waals surface area contributed by atoms with Gasteiger partial charge in [-0.15, -0.1) is 0 Å². The number of hydrogen-bond acceptors (Lipinski definition) is 9. The monoisotopic (exact) mass is 596 g/mol. The number of piperidine rings is 1. The summed E-state index contributed by atoms with van der Waals surface area (Å²) >= 11 is 0. The summed E-state index contributed by atoms with van der Waals surface area (Å²) in [5, 5.41) is 15.1. The van der Waals surface area contributed by atoms with Crippen LogP contribution in [0.5, 0.6) is 0 Å². The molecule has 3 atom stereocenters. The third kappa shape index (κ3) is 9.05. The summed E-state index contributed by atoms with van der Waals surface area (Å²) in [7, 11) is 3.15. The first-order valence-corrected chi connectivity index (χ1v) is 14.6. The Morgan fingerprint density at radius 3 is 2.79 bits per heavy atom. The molecule has 0 saturated carbocycles. The normalized spacial score (nSPS) is 17.7. The van der Waals surface area contributed by atoms with Gasteiger partial charge in [-0.05, 0) is 55.6 Å². The molecule has 3 heterocycles. The molecule has 0 aliphatic carbocycles. The highest BCUT2D eigenvalue weighted by Crippen LogP contribution is 2.25. The van der Waals surface area contributed by atoms with Crippen LogP contribution in [0.2, 0.25) is 0 Å². The summed E-state index contributed by atoms with van der Waals surface area (Å²) < 4.78 is 8.06. The van der Waals surface area contributed by atoms with E-state index in [1.807, 2.05) is 23.9 Å². The van der Waals surface area contributed by atoms with Crippen LogP contribution in [0.3, 0.4) is 0 Å². The molecule has 0 bridgehead atoms. The molecule has 1 aliphatic rings. The molecule has 43 heavy (non-hydrogen) atoms. The summed E-state index contributed by atoms with van der Waals surface area (Å²) in [5.74, 6) is 0.0718. The number of nitrogens with one attached hydrogen (secondary N) is 2. The molecule has 3 rings (SSSR count). The van der Waals surface area contributed by atoms with Crippen LogP contribution in [0, 0.1) is 23.2 Å². The third-order valence-corrected chi connectivity index (χ3v) is 7.65. The number of fused-ring (bicyclic) bond motifs is 1. The van der Waals surface area contributed by atoms with E-state index in [1.54, 1.807) is 17.2 Å². The predicted molar refractivity (Wildman–Crippen MR) is 158 cm³/mol. The average molecular weight is 597 g/mol. The van der Waals surface area contributed by atoms with E-state index < -0.39 is 18.0 Å². The first kappa shape index (κ1) is 33.1. The lowest BCUT2D eigenvalue weighted by molar-refractivity contribution is -0.405. The second-order valence-electron chi connectivity index (χ2n) is 10.7. The number of amides is 3. The Labute approximate surface area is 251 Å². The standard InChI is InChI=1S/C29H41N9O5/c1-20-10-15-37(25(40)9-13-31)18-21(20)17-36(2)26-22-11-16-38(27(22)34-19-33-26)29(42)32-14-6-8-24(39)35-23(28(41)43-3)7-4-5-12-30/h11,16-17,19-21,23H,4-10,12,14-15,18,30H2,1-3H3,(H-,32,35,39,42)/p+1/b36-17-/t20-,21?,23+/m1/s1. The maximum absolute atomic E-state index is 12.9. The quantitative estimate of drug-likeness (QED) is 0.132. The molecule has 232 valence electrons. The van der Waals surface area contributed by atoms with Gasteiger partial charge in [0.1, 0.15) is 17.8 Å². The molecule has 0 radical (unpaired) electrons. The van der Waals surface area contributed by atoms with Gasteiger partial charge >= 0.3 is 17.8 Å². The number of methoxy groups -OCH3 is 1. The summed E-state index contributed by atoms with van der Waals surface area (Å²) in [5.41, 5.74) is 5.94. The maximum atomic E-state index is 12.9. The molecule has 1 unspecified atom stereocenters. The predicted octanol–water partition coefficient (Wildman–Crippen LogP) is 1.30. The summed E-state index contributed by atoms with van der Waals surface area (Å²) in [4.78, 5) is 60.1. The number of unbranched alkanes of at least 4 members (excludes halogenated alkanes) is 1. The van der Waals surface area contributed by atoms with E-state index in [4.69, 9.17) is 15.7 Å². The van der Waals surface area contributed by atoms with Crippen LogP contribution in [0.15, 0.2) is 18.6 Å². The van der Waals surface area contributed by atoms with Gasteiger partial charge in [0.25, 0.3) is 0 Å². The van der Waals surface area contributed by atoms with Gasteiger partial charge in [-0.2, -0.15) is 10.2 Å². The van der Waals surface area contributed by atoms with Gasteiger partial charge in [0.05, 0.1) is 26.4 Å². The minimum Gasteiger partial charge on any atom is -0.467 e. The van der Waals surface area contributed by atoms with E-state index in [-0.39, 0.29) is 37.1 Å². The number of carbonyl (C=O) groups is 4. The fourth-order valence-corrected chi connectivity index (χ4v) is 5.12. The number of esters is 1. The van der Waals surface area contributed by atoms with Gasteiger partial charge in [-0.3, -0.25) is 14.2 Å². The van der Waals surface area contributed by atoms with Gasteiger partial charge < -0.3 is 26.0 Å². The number of nitrogens with zero attached hydrogens (tertiary/aromatic N) is 6. The molecule has 3 amide bonds. The van der Waals surface area contributed by atoms with Crippen LogP contribution in [0.4, 0.5) is 10.6 Å². The van der Waals surface area contributed by atoms with Crippen molar-refractivity contribution in [3.8, 4) is 6.07 Å². The van der Waals surface area contributed by atoms with Gasteiger partial charge in [-0.1, -0.05) is 6.92 Å². The largest absolute Gasteiger partial charge is 0.467 e. The van der Waals surface area contributed by atoms with Crippen LogP contribution in [-0.4, -0.2) is 100 Å². The number of ether oxygens (including phenoxy) is 1. The van der Waals surface area contributed by atoms with Crippen LogP contribution in [0.1, 0.15) is 51.9 Å². The summed E-state index contributed by atoms with van der Waals surface area (Å²) in [6.07, 6.45) is 8.15. The van der Waals surface area contributed by atoms with Crippen LogP contribution in [0.25, 0.3) is 11.0 Å². The van der Waals surface area contributed by atoms with Crippen molar-refractivity contribution in [3.05, 3.63) is 18.6 Å². The van der Waals surface area contributed by atoms with Crippen molar-refractivity contribution in [3.63, 3.8) is 0 Å². The van der Waals surface area contributed by atoms with E-state index in [1.165, 1.54) is 18.0 Å². The Morgan fingerprint density at radius 1 is 1.28 bits per heavy atom. The van der Waals surface area contributed by atoms with E-state index in [2.05, 4.69) is 27.5 Å². The Bertz CT molecular complexity index is 1370. The fourth-order valence-electron chi connectivity index (χ4n) is 5.12. The van der Waals surface area contributed by atoms with Crippen molar-refractivity contribution >= 4 is 46.9 Å². The molecule has 14 nitrogen and oxygen atoms in total. The van der Waals surface area contributed by atoms with Crippen LogP contribution >= 0.6 is 0 Å². The SMILES string of the molecule is COC(=O)[C@H](CCCCN)NC(=O)CCCNC(=O)n1ccc2c(/[N+](C)=C\C3CN(C(=O)CC#N)CC[C@H]3C)ncnc21. The molecule has 0 aromatic carbocycles. The highest BCUT2D eigenvalue weighted by Gasteiger charge is 2.30.